The van der Waals surface area contributed by atoms with Crippen LogP contribution in [0.4, 0.5) is 0 Å². The molecule has 0 atom stereocenters. The fourth-order valence-electron chi connectivity index (χ4n) is 1.63. The number of carbonyl (C=O) groups is 1. The summed E-state index contributed by atoms with van der Waals surface area (Å²) in [5.74, 6) is 5.68. The maximum Gasteiger partial charge on any atom is 0.262 e. The van der Waals surface area contributed by atoms with Crippen molar-refractivity contribution in [2.24, 2.45) is 0 Å². The van der Waals surface area contributed by atoms with Crippen LogP contribution < -0.4 is 5.32 Å². The van der Waals surface area contributed by atoms with Gasteiger partial charge in [-0.05, 0) is 40.3 Å². The zero-order chi connectivity index (χ0) is 14.2. The first-order valence-electron chi connectivity index (χ1n) is 6.27. The van der Waals surface area contributed by atoms with E-state index >= 15 is 0 Å². The molecule has 0 aliphatic carbocycles. The standard InChI is InChI=1S/C15H15NO2S2/c17-8-2-1-3-13-6-10-20-14(13)15(18)16-7-4-12-5-9-19-11-12/h5-6,9-11,17H,2,4,7-8H2,(H,16,18). The molecule has 0 fully saturated rings. The van der Waals surface area contributed by atoms with Gasteiger partial charge in [-0.25, -0.2) is 0 Å². The first kappa shape index (κ1) is 14.8. The van der Waals surface area contributed by atoms with Crippen molar-refractivity contribution < 1.29 is 9.90 Å². The van der Waals surface area contributed by atoms with Crippen molar-refractivity contribution in [3.05, 3.63) is 44.3 Å². The molecule has 0 bridgehead atoms. The van der Waals surface area contributed by atoms with E-state index in [4.69, 9.17) is 5.11 Å². The first-order chi connectivity index (χ1) is 9.81. The number of nitrogens with one attached hydrogen (secondary N) is 1. The van der Waals surface area contributed by atoms with Gasteiger partial charge in [0, 0.05) is 18.5 Å². The van der Waals surface area contributed by atoms with Crippen LogP contribution >= 0.6 is 22.7 Å². The van der Waals surface area contributed by atoms with Gasteiger partial charge in [-0.15, -0.1) is 11.3 Å². The smallest absolute Gasteiger partial charge is 0.262 e. The zero-order valence-corrected chi connectivity index (χ0v) is 12.5. The SMILES string of the molecule is O=C(NCCc1ccsc1)c1sccc1C#CCCO. The van der Waals surface area contributed by atoms with Crippen LogP contribution in [-0.2, 0) is 6.42 Å². The summed E-state index contributed by atoms with van der Waals surface area (Å²) in [6.45, 7) is 0.663. The van der Waals surface area contributed by atoms with E-state index in [-0.39, 0.29) is 12.5 Å². The molecule has 0 saturated heterocycles. The van der Waals surface area contributed by atoms with Gasteiger partial charge in [0.1, 0.15) is 4.88 Å². The number of aliphatic hydroxyl groups is 1. The van der Waals surface area contributed by atoms with Crippen LogP contribution in [-0.4, -0.2) is 24.2 Å². The summed E-state index contributed by atoms with van der Waals surface area (Å²) in [5, 5.41) is 17.6. The summed E-state index contributed by atoms with van der Waals surface area (Å²) in [4.78, 5) is 12.7. The Balaban J connectivity index is 1.89. The molecule has 2 N–H and O–H groups in total. The van der Waals surface area contributed by atoms with Crippen molar-refractivity contribution in [2.45, 2.75) is 12.8 Å². The Bertz CT molecular complexity index is 605. The van der Waals surface area contributed by atoms with Crippen molar-refractivity contribution in [3.8, 4) is 11.8 Å². The summed E-state index contributed by atoms with van der Waals surface area (Å²) < 4.78 is 0. The van der Waals surface area contributed by atoms with Crippen LogP contribution in [0, 0.1) is 11.8 Å². The molecule has 0 radical (unpaired) electrons. The molecule has 0 aromatic carbocycles. The van der Waals surface area contributed by atoms with Gasteiger partial charge in [0.15, 0.2) is 0 Å². The molecule has 2 aromatic rings. The van der Waals surface area contributed by atoms with Crippen LogP contribution in [0.3, 0.4) is 0 Å². The molecular formula is C15H15NO2S2. The van der Waals surface area contributed by atoms with Crippen LogP contribution in [0.15, 0.2) is 28.3 Å². The number of hydrogen-bond acceptors (Lipinski definition) is 4. The normalized spacial score (nSPS) is 9.85. The molecule has 0 aliphatic rings. The Morgan fingerprint density at radius 3 is 3.00 bits per heavy atom. The molecule has 0 aliphatic heterocycles. The molecule has 20 heavy (non-hydrogen) atoms. The molecule has 104 valence electrons. The third-order valence-corrected chi connectivity index (χ3v) is 4.26. The average molecular weight is 305 g/mol. The van der Waals surface area contributed by atoms with E-state index in [1.807, 2.05) is 16.8 Å². The van der Waals surface area contributed by atoms with Crippen molar-refractivity contribution in [2.75, 3.05) is 13.2 Å². The van der Waals surface area contributed by atoms with Crippen molar-refractivity contribution in [3.63, 3.8) is 0 Å². The number of carbonyl (C=O) groups excluding carboxylic acids is 1. The highest BCUT2D eigenvalue weighted by Gasteiger charge is 2.11. The summed E-state index contributed by atoms with van der Waals surface area (Å²) >= 11 is 3.05. The van der Waals surface area contributed by atoms with Crippen LogP contribution in [0.5, 0.6) is 0 Å². The topological polar surface area (TPSA) is 49.3 Å². The molecule has 3 nitrogen and oxygen atoms in total. The van der Waals surface area contributed by atoms with Crippen molar-refractivity contribution >= 4 is 28.6 Å². The van der Waals surface area contributed by atoms with E-state index < -0.39 is 0 Å². The van der Waals surface area contributed by atoms with Gasteiger partial charge in [-0.3, -0.25) is 4.79 Å². The van der Waals surface area contributed by atoms with Crippen LogP contribution in [0.25, 0.3) is 0 Å². The molecule has 1 amide bonds. The Morgan fingerprint density at radius 2 is 2.25 bits per heavy atom. The maximum atomic E-state index is 12.1. The number of rotatable bonds is 5. The Hall–Kier alpha value is -1.61. The molecule has 0 spiro atoms. The largest absolute Gasteiger partial charge is 0.395 e. The van der Waals surface area contributed by atoms with Crippen LogP contribution in [0.2, 0.25) is 0 Å². The van der Waals surface area contributed by atoms with Gasteiger partial charge in [-0.1, -0.05) is 11.8 Å². The second-order valence-electron chi connectivity index (χ2n) is 4.08. The zero-order valence-electron chi connectivity index (χ0n) is 10.9. The number of aliphatic hydroxyl groups excluding tert-OH is 1. The van der Waals surface area contributed by atoms with E-state index in [2.05, 4.69) is 28.6 Å². The Labute approximate surface area is 126 Å². The minimum atomic E-state index is -0.0801. The highest BCUT2D eigenvalue weighted by molar-refractivity contribution is 7.12. The lowest BCUT2D eigenvalue weighted by molar-refractivity contribution is 0.0958. The van der Waals surface area contributed by atoms with Crippen LogP contribution in [0.1, 0.15) is 27.2 Å². The summed E-state index contributed by atoms with van der Waals surface area (Å²) in [6, 6.07) is 3.90. The number of amides is 1. The molecule has 2 aromatic heterocycles. The van der Waals surface area contributed by atoms with Gasteiger partial charge in [-0.2, -0.15) is 11.3 Å². The highest BCUT2D eigenvalue weighted by atomic mass is 32.1. The number of hydrogen-bond donors (Lipinski definition) is 2. The predicted molar refractivity (Wildman–Crippen MR) is 83.3 cm³/mol. The fraction of sp³-hybridized carbons (Fsp3) is 0.267. The molecule has 5 heteroatoms. The maximum absolute atomic E-state index is 12.1. The summed E-state index contributed by atoms with van der Waals surface area (Å²) in [6.07, 6.45) is 1.27. The molecule has 0 saturated carbocycles. The minimum absolute atomic E-state index is 0.0410. The Kier molecular flexibility index (Phi) is 5.81. The second-order valence-corrected chi connectivity index (χ2v) is 5.77. The van der Waals surface area contributed by atoms with E-state index in [1.165, 1.54) is 16.9 Å². The van der Waals surface area contributed by atoms with E-state index in [0.717, 1.165) is 12.0 Å². The third kappa shape index (κ3) is 4.20. The van der Waals surface area contributed by atoms with Gasteiger partial charge < -0.3 is 10.4 Å². The second kappa shape index (κ2) is 7.85. The van der Waals surface area contributed by atoms with Gasteiger partial charge in [0.2, 0.25) is 0 Å². The Morgan fingerprint density at radius 1 is 1.35 bits per heavy atom. The third-order valence-electron chi connectivity index (χ3n) is 2.61. The van der Waals surface area contributed by atoms with Gasteiger partial charge in [0.25, 0.3) is 5.91 Å². The number of thiophene rings is 2. The monoisotopic (exact) mass is 305 g/mol. The quantitative estimate of drug-likeness (QED) is 0.834. The summed E-state index contributed by atoms with van der Waals surface area (Å²) in [7, 11) is 0. The molecule has 0 unspecified atom stereocenters. The fourth-order valence-corrected chi connectivity index (χ4v) is 3.10. The van der Waals surface area contributed by atoms with E-state index in [0.29, 0.717) is 17.8 Å². The highest BCUT2D eigenvalue weighted by Crippen LogP contribution is 2.15. The van der Waals surface area contributed by atoms with E-state index in [9.17, 15) is 4.79 Å². The average Bonchev–Trinajstić information content (AvgIpc) is 3.10. The first-order valence-corrected chi connectivity index (χ1v) is 8.10. The minimum Gasteiger partial charge on any atom is -0.395 e. The predicted octanol–water partition coefficient (Wildman–Crippen LogP) is 2.52. The lowest BCUT2D eigenvalue weighted by atomic mass is 10.2. The van der Waals surface area contributed by atoms with Gasteiger partial charge in [0.05, 0.1) is 6.61 Å². The van der Waals surface area contributed by atoms with Gasteiger partial charge >= 0.3 is 0 Å². The lowest BCUT2D eigenvalue weighted by Crippen LogP contribution is -2.25. The van der Waals surface area contributed by atoms with Crippen molar-refractivity contribution in [1.29, 1.82) is 0 Å². The molecular weight excluding hydrogens is 290 g/mol. The molecule has 2 heterocycles. The molecule has 2 rings (SSSR count). The van der Waals surface area contributed by atoms with E-state index in [1.54, 1.807) is 11.3 Å². The summed E-state index contributed by atoms with van der Waals surface area (Å²) in [5.41, 5.74) is 1.97. The van der Waals surface area contributed by atoms with Crippen molar-refractivity contribution in [1.82, 2.24) is 5.32 Å². The lowest BCUT2D eigenvalue weighted by Gasteiger charge is -2.03.